The second-order valence-electron chi connectivity index (χ2n) is 8.00. The predicted octanol–water partition coefficient (Wildman–Crippen LogP) is 2.43. The van der Waals surface area contributed by atoms with E-state index in [1.807, 2.05) is 30.3 Å². The molecule has 28 heavy (non-hydrogen) atoms. The minimum Gasteiger partial charge on any atom is -0.356 e. The number of anilines is 2. The average molecular weight is 375 g/mol. The number of carbonyl (C=O) groups excluding carboxylic acids is 3. The zero-order chi connectivity index (χ0) is 19.3. The van der Waals surface area contributed by atoms with Gasteiger partial charge in [-0.25, -0.2) is 0 Å². The van der Waals surface area contributed by atoms with Gasteiger partial charge in [-0.1, -0.05) is 6.07 Å². The molecule has 1 aliphatic carbocycles. The van der Waals surface area contributed by atoms with Gasteiger partial charge in [0.15, 0.2) is 0 Å². The van der Waals surface area contributed by atoms with Crippen LogP contribution in [-0.2, 0) is 28.9 Å². The van der Waals surface area contributed by atoms with Crippen molar-refractivity contribution in [1.82, 2.24) is 5.32 Å². The van der Waals surface area contributed by atoms with Crippen LogP contribution < -0.4 is 16.0 Å². The second kappa shape index (κ2) is 6.19. The van der Waals surface area contributed by atoms with Crippen molar-refractivity contribution in [2.75, 3.05) is 17.2 Å². The molecule has 2 aliphatic heterocycles. The number of benzene rings is 2. The van der Waals surface area contributed by atoms with Gasteiger partial charge in [0.2, 0.25) is 11.8 Å². The summed E-state index contributed by atoms with van der Waals surface area (Å²) < 4.78 is 0. The van der Waals surface area contributed by atoms with Gasteiger partial charge >= 0.3 is 0 Å². The summed E-state index contributed by atoms with van der Waals surface area (Å²) in [6.45, 7) is 0.760. The van der Waals surface area contributed by atoms with Crippen molar-refractivity contribution in [2.24, 2.45) is 5.41 Å². The molecule has 6 nitrogen and oxygen atoms in total. The van der Waals surface area contributed by atoms with Gasteiger partial charge < -0.3 is 16.0 Å². The lowest BCUT2D eigenvalue weighted by Gasteiger charge is -2.32. The van der Waals surface area contributed by atoms with Crippen molar-refractivity contribution in [2.45, 2.75) is 32.1 Å². The molecular formula is C22H21N3O3. The molecule has 0 aromatic heterocycles. The van der Waals surface area contributed by atoms with Gasteiger partial charge in [0.1, 0.15) is 0 Å². The summed E-state index contributed by atoms with van der Waals surface area (Å²) in [5.74, 6) is -0.0228. The Morgan fingerprint density at radius 1 is 1.00 bits per heavy atom. The fourth-order valence-corrected chi connectivity index (χ4v) is 4.63. The van der Waals surface area contributed by atoms with Crippen LogP contribution in [0.4, 0.5) is 11.4 Å². The van der Waals surface area contributed by atoms with E-state index in [1.54, 1.807) is 6.07 Å². The Hall–Kier alpha value is -3.15. The van der Waals surface area contributed by atoms with Crippen molar-refractivity contribution >= 4 is 29.1 Å². The van der Waals surface area contributed by atoms with E-state index >= 15 is 0 Å². The zero-order valence-electron chi connectivity index (χ0n) is 15.4. The topological polar surface area (TPSA) is 87.3 Å². The van der Waals surface area contributed by atoms with Gasteiger partial charge in [0.25, 0.3) is 5.91 Å². The summed E-state index contributed by atoms with van der Waals surface area (Å²) in [6.07, 6.45) is 3.64. The van der Waals surface area contributed by atoms with Crippen molar-refractivity contribution in [3.63, 3.8) is 0 Å². The Labute approximate surface area is 162 Å². The van der Waals surface area contributed by atoms with Crippen LogP contribution in [0.1, 0.15) is 39.9 Å². The Kier molecular flexibility index (Phi) is 3.75. The first-order valence-electron chi connectivity index (χ1n) is 9.67. The molecule has 2 heterocycles. The number of hydrogen-bond donors (Lipinski definition) is 3. The Morgan fingerprint density at radius 2 is 1.89 bits per heavy atom. The highest BCUT2D eigenvalue weighted by Crippen LogP contribution is 2.41. The number of nitrogens with one attached hydrogen (secondary N) is 3. The standard InChI is InChI=1S/C22H21N3O3/c26-19-11-16-10-17(3-4-18(16)25-19)24-20(27)14-1-2-15-12-22(6-5-13(15)9-14)7-8-23-21(22)28/h1-4,9-10H,5-8,11-12H2,(H,23,28)(H,24,27)(H,25,26). The van der Waals surface area contributed by atoms with Crippen molar-refractivity contribution in [3.8, 4) is 0 Å². The maximum absolute atomic E-state index is 12.7. The van der Waals surface area contributed by atoms with Crippen LogP contribution in [0.5, 0.6) is 0 Å². The third-order valence-electron chi connectivity index (χ3n) is 6.23. The lowest BCUT2D eigenvalue weighted by atomic mass is 9.70. The number of fused-ring (bicyclic) bond motifs is 2. The molecule has 0 radical (unpaired) electrons. The molecule has 2 aromatic carbocycles. The monoisotopic (exact) mass is 375 g/mol. The molecule has 5 rings (SSSR count). The van der Waals surface area contributed by atoms with E-state index in [1.165, 1.54) is 5.56 Å². The van der Waals surface area contributed by atoms with E-state index in [4.69, 9.17) is 0 Å². The molecule has 3 aliphatic rings. The van der Waals surface area contributed by atoms with Crippen LogP contribution in [-0.4, -0.2) is 24.3 Å². The first-order chi connectivity index (χ1) is 13.5. The molecule has 1 spiro atoms. The SMILES string of the molecule is O=C1Cc2cc(NC(=O)c3ccc4c(c3)CCC3(CCNC3=O)C4)ccc2N1. The summed E-state index contributed by atoms with van der Waals surface area (Å²) in [6, 6.07) is 11.2. The minimum absolute atomic E-state index is 0.0260. The van der Waals surface area contributed by atoms with Gasteiger partial charge in [-0.05, 0) is 72.7 Å². The molecule has 0 bridgehead atoms. The molecule has 2 aromatic rings. The largest absolute Gasteiger partial charge is 0.356 e. The van der Waals surface area contributed by atoms with Crippen LogP contribution in [0.25, 0.3) is 0 Å². The van der Waals surface area contributed by atoms with E-state index in [0.29, 0.717) is 17.7 Å². The van der Waals surface area contributed by atoms with E-state index in [-0.39, 0.29) is 23.1 Å². The summed E-state index contributed by atoms with van der Waals surface area (Å²) in [5, 5.41) is 8.67. The van der Waals surface area contributed by atoms with Crippen molar-refractivity contribution in [1.29, 1.82) is 0 Å². The molecular weight excluding hydrogens is 354 g/mol. The first-order valence-corrected chi connectivity index (χ1v) is 9.67. The summed E-state index contributed by atoms with van der Waals surface area (Å²) >= 11 is 0. The molecule has 1 atom stereocenters. The molecule has 1 saturated heterocycles. The van der Waals surface area contributed by atoms with E-state index in [0.717, 1.165) is 49.0 Å². The molecule has 1 unspecified atom stereocenters. The van der Waals surface area contributed by atoms with Gasteiger partial charge in [-0.15, -0.1) is 0 Å². The number of rotatable bonds is 2. The third kappa shape index (κ3) is 2.76. The summed E-state index contributed by atoms with van der Waals surface area (Å²) in [4.78, 5) is 36.4. The van der Waals surface area contributed by atoms with Crippen molar-refractivity contribution in [3.05, 3.63) is 58.7 Å². The fourth-order valence-electron chi connectivity index (χ4n) is 4.63. The number of carbonyl (C=O) groups is 3. The second-order valence-corrected chi connectivity index (χ2v) is 8.00. The number of amides is 3. The zero-order valence-corrected chi connectivity index (χ0v) is 15.4. The Morgan fingerprint density at radius 3 is 2.71 bits per heavy atom. The van der Waals surface area contributed by atoms with Crippen molar-refractivity contribution < 1.29 is 14.4 Å². The van der Waals surface area contributed by atoms with E-state index in [2.05, 4.69) is 16.0 Å². The van der Waals surface area contributed by atoms with Crippen LogP contribution in [0, 0.1) is 5.41 Å². The maximum atomic E-state index is 12.7. The lowest BCUT2D eigenvalue weighted by Crippen LogP contribution is -2.36. The van der Waals surface area contributed by atoms with Gasteiger partial charge in [0, 0.05) is 23.5 Å². The van der Waals surface area contributed by atoms with Crippen LogP contribution in [0.15, 0.2) is 36.4 Å². The quantitative estimate of drug-likeness (QED) is 0.753. The van der Waals surface area contributed by atoms with E-state index < -0.39 is 0 Å². The fraction of sp³-hybridized carbons (Fsp3) is 0.318. The molecule has 3 amide bonds. The maximum Gasteiger partial charge on any atom is 0.255 e. The lowest BCUT2D eigenvalue weighted by molar-refractivity contribution is -0.128. The number of aryl methyl sites for hydroxylation is 1. The molecule has 0 saturated carbocycles. The van der Waals surface area contributed by atoms with E-state index in [9.17, 15) is 14.4 Å². The number of hydrogen-bond acceptors (Lipinski definition) is 3. The Bertz CT molecular complexity index is 1030. The molecule has 142 valence electrons. The van der Waals surface area contributed by atoms with Crippen LogP contribution in [0.2, 0.25) is 0 Å². The highest BCUT2D eigenvalue weighted by Gasteiger charge is 2.44. The first kappa shape index (κ1) is 17.0. The third-order valence-corrected chi connectivity index (χ3v) is 6.23. The Balaban J connectivity index is 1.34. The summed E-state index contributed by atoms with van der Waals surface area (Å²) in [7, 11) is 0. The van der Waals surface area contributed by atoms with Gasteiger partial charge in [-0.3, -0.25) is 14.4 Å². The molecule has 3 N–H and O–H groups in total. The average Bonchev–Trinajstić information content (AvgIpc) is 3.22. The molecule has 1 fully saturated rings. The highest BCUT2D eigenvalue weighted by molar-refractivity contribution is 6.05. The smallest absolute Gasteiger partial charge is 0.255 e. The minimum atomic E-state index is -0.257. The van der Waals surface area contributed by atoms with Crippen LogP contribution >= 0.6 is 0 Å². The van der Waals surface area contributed by atoms with Gasteiger partial charge in [0.05, 0.1) is 11.8 Å². The summed E-state index contributed by atoms with van der Waals surface area (Å²) in [5.41, 5.74) is 5.06. The van der Waals surface area contributed by atoms with Gasteiger partial charge in [-0.2, -0.15) is 0 Å². The van der Waals surface area contributed by atoms with Crippen LogP contribution in [0.3, 0.4) is 0 Å². The molecule has 6 heteroatoms. The highest BCUT2D eigenvalue weighted by atomic mass is 16.2. The predicted molar refractivity (Wildman–Crippen MR) is 105 cm³/mol. The normalized spacial score (nSPS) is 22.4.